The molecular weight excluding hydrogens is 290 g/mol. The maximum Gasteiger partial charge on any atom is 0.519 e. The second-order valence-electron chi connectivity index (χ2n) is 4.82. The van der Waals surface area contributed by atoms with Crippen LogP contribution in [-0.4, -0.2) is 9.67 Å². The molecule has 0 aliphatic carbocycles. The molecule has 0 atom stereocenters. The van der Waals surface area contributed by atoms with Crippen molar-refractivity contribution in [2.75, 3.05) is 0 Å². The molecule has 3 rings (SSSR count). The lowest BCUT2D eigenvalue weighted by Gasteiger charge is -2.05. The highest BCUT2D eigenvalue weighted by molar-refractivity contribution is 6.33. The lowest BCUT2D eigenvalue weighted by Crippen LogP contribution is -2.41. The monoisotopic (exact) mass is 303 g/mol. The van der Waals surface area contributed by atoms with Gasteiger partial charge in [0.2, 0.25) is 0 Å². The Morgan fingerprint density at radius 2 is 1.95 bits per heavy atom. The summed E-state index contributed by atoms with van der Waals surface area (Å²) in [5.74, 6) is 0. The Morgan fingerprint density at radius 3 is 2.67 bits per heavy atom. The number of rotatable bonds is 1. The van der Waals surface area contributed by atoms with Crippen molar-refractivity contribution >= 4 is 22.6 Å². The van der Waals surface area contributed by atoms with E-state index in [0.717, 1.165) is 11.1 Å². The number of hydrogen-bond acceptors (Lipinski definition) is 2. The lowest BCUT2D eigenvalue weighted by molar-refractivity contribution is -0.692. The SMILES string of the molecule is Cn1c(O)[n+](C)c2[nH+]ccc(-c3ccccc3Cl)c2c1=O. The van der Waals surface area contributed by atoms with Crippen LogP contribution in [0.5, 0.6) is 6.01 Å². The molecule has 2 N–H and O–H groups in total. The Morgan fingerprint density at radius 1 is 1.24 bits per heavy atom. The molecule has 0 aliphatic heterocycles. The smallest absolute Gasteiger partial charge is 0.434 e. The molecule has 0 saturated carbocycles. The number of halogens is 1. The number of aromatic amines is 1. The molecule has 1 aromatic carbocycles. The van der Waals surface area contributed by atoms with E-state index < -0.39 is 0 Å². The number of hydrogen-bond donors (Lipinski definition) is 1. The quantitative estimate of drug-likeness (QED) is 0.687. The summed E-state index contributed by atoms with van der Waals surface area (Å²) < 4.78 is 2.73. The van der Waals surface area contributed by atoms with Crippen molar-refractivity contribution in [2.45, 2.75) is 0 Å². The summed E-state index contributed by atoms with van der Waals surface area (Å²) in [5, 5.41) is 11.0. The molecule has 21 heavy (non-hydrogen) atoms. The number of nitrogens with one attached hydrogen (secondary N) is 1. The van der Waals surface area contributed by atoms with Crippen molar-refractivity contribution in [3.8, 4) is 17.1 Å². The van der Waals surface area contributed by atoms with E-state index in [2.05, 4.69) is 4.98 Å². The number of benzene rings is 1. The minimum atomic E-state index is -0.285. The van der Waals surface area contributed by atoms with E-state index in [4.69, 9.17) is 11.6 Å². The van der Waals surface area contributed by atoms with E-state index in [1.807, 2.05) is 24.3 Å². The molecule has 5 nitrogen and oxygen atoms in total. The highest BCUT2D eigenvalue weighted by atomic mass is 35.5. The van der Waals surface area contributed by atoms with Crippen molar-refractivity contribution in [1.29, 1.82) is 0 Å². The highest BCUT2D eigenvalue weighted by Crippen LogP contribution is 2.29. The summed E-state index contributed by atoms with van der Waals surface area (Å²) in [6, 6.07) is 9.04. The van der Waals surface area contributed by atoms with E-state index in [9.17, 15) is 9.90 Å². The Hall–Kier alpha value is -2.40. The van der Waals surface area contributed by atoms with Crippen molar-refractivity contribution in [2.24, 2.45) is 14.1 Å². The number of fused-ring (bicyclic) bond motifs is 1. The van der Waals surface area contributed by atoms with Crippen LogP contribution in [0.15, 0.2) is 41.3 Å². The standard InChI is InChI=1S/C15H12ClN3O2/c1-18-13-12(14(20)19(2)15(18)21)10(7-8-17-13)9-5-3-4-6-11(9)16/h3-8H,1-2H3/p+2. The second kappa shape index (κ2) is 4.86. The third-order valence-electron chi connectivity index (χ3n) is 3.59. The topological polar surface area (TPSA) is 60.2 Å². The van der Waals surface area contributed by atoms with Crippen LogP contribution in [0.1, 0.15) is 0 Å². The largest absolute Gasteiger partial charge is 0.519 e. The van der Waals surface area contributed by atoms with E-state index in [0.29, 0.717) is 16.1 Å². The van der Waals surface area contributed by atoms with Crippen LogP contribution in [0.25, 0.3) is 22.2 Å². The van der Waals surface area contributed by atoms with Gasteiger partial charge in [-0.2, -0.15) is 0 Å². The fourth-order valence-electron chi connectivity index (χ4n) is 2.46. The summed E-state index contributed by atoms with van der Waals surface area (Å²) in [6.45, 7) is 0. The molecule has 0 spiro atoms. The number of pyridine rings is 1. The fourth-order valence-corrected chi connectivity index (χ4v) is 2.69. The molecule has 2 heterocycles. The average molecular weight is 304 g/mol. The van der Waals surface area contributed by atoms with Gasteiger partial charge in [-0.15, -0.1) is 9.13 Å². The Bertz CT molecular complexity index is 919. The zero-order valence-electron chi connectivity index (χ0n) is 11.6. The predicted molar refractivity (Wildman–Crippen MR) is 79.0 cm³/mol. The molecule has 0 bridgehead atoms. The molecule has 0 radical (unpaired) electrons. The van der Waals surface area contributed by atoms with Crippen molar-refractivity contribution < 1.29 is 14.7 Å². The molecule has 0 saturated heterocycles. The molecule has 0 amide bonds. The number of aromatic hydroxyl groups is 1. The minimum Gasteiger partial charge on any atom is -0.434 e. The molecule has 2 aromatic heterocycles. The van der Waals surface area contributed by atoms with Gasteiger partial charge in [-0.05, 0) is 12.1 Å². The van der Waals surface area contributed by atoms with Gasteiger partial charge in [0.1, 0.15) is 20.3 Å². The first-order valence-electron chi connectivity index (χ1n) is 6.39. The third-order valence-corrected chi connectivity index (χ3v) is 3.92. The number of aryl methyl sites for hydroxylation is 1. The first-order valence-corrected chi connectivity index (χ1v) is 6.77. The van der Waals surface area contributed by atoms with Crippen molar-refractivity contribution in [3.05, 3.63) is 51.9 Å². The van der Waals surface area contributed by atoms with Crippen LogP contribution in [0.2, 0.25) is 5.02 Å². The zero-order valence-corrected chi connectivity index (χ0v) is 12.3. The molecule has 106 valence electrons. The Balaban J connectivity index is 2.52. The van der Waals surface area contributed by atoms with E-state index in [-0.39, 0.29) is 11.6 Å². The maximum atomic E-state index is 12.5. The van der Waals surface area contributed by atoms with Gasteiger partial charge < -0.3 is 5.11 Å². The van der Waals surface area contributed by atoms with Crippen LogP contribution >= 0.6 is 11.6 Å². The van der Waals surface area contributed by atoms with E-state index >= 15 is 0 Å². The summed E-state index contributed by atoms with van der Waals surface area (Å²) in [4.78, 5) is 15.5. The van der Waals surface area contributed by atoms with Crippen LogP contribution in [0.3, 0.4) is 0 Å². The highest BCUT2D eigenvalue weighted by Gasteiger charge is 2.27. The molecule has 0 fully saturated rings. The first-order chi connectivity index (χ1) is 10.0. The lowest BCUT2D eigenvalue weighted by atomic mass is 10.0. The molecular formula is C15H14ClN3O2+2. The summed E-state index contributed by atoms with van der Waals surface area (Å²) >= 11 is 6.25. The number of aromatic nitrogens is 3. The average Bonchev–Trinajstić information content (AvgIpc) is 2.50. The Kier molecular flexibility index (Phi) is 3.14. The summed E-state index contributed by atoms with van der Waals surface area (Å²) in [5.41, 5.74) is 1.76. The summed E-state index contributed by atoms with van der Waals surface area (Å²) in [6.07, 6.45) is 1.72. The van der Waals surface area contributed by atoms with Gasteiger partial charge in [0.15, 0.2) is 5.39 Å². The van der Waals surface area contributed by atoms with Crippen LogP contribution in [0.4, 0.5) is 0 Å². The fraction of sp³-hybridized carbons (Fsp3) is 0.133. The number of nitrogens with zero attached hydrogens (tertiary/aromatic N) is 2. The van der Waals surface area contributed by atoms with Crippen LogP contribution < -0.4 is 15.1 Å². The molecule has 3 aromatic rings. The van der Waals surface area contributed by atoms with Crippen LogP contribution in [-0.2, 0) is 14.1 Å². The normalized spacial score (nSPS) is 11.0. The predicted octanol–water partition coefficient (Wildman–Crippen LogP) is 1.20. The van der Waals surface area contributed by atoms with E-state index in [1.54, 1.807) is 19.3 Å². The minimum absolute atomic E-state index is 0.125. The summed E-state index contributed by atoms with van der Waals surface area (Å²) in [7, 11) is 3.21. The van der Waals surface area contributed by atoms with Crippen molar-refractivity contribution in [3.63, 3.8) is 0 Å². The van der Waals surface area contributed by atoms with Gasteiger partial charge in [-0.3, -0.25) is 0 Å². The van der Waals surface area contributed by atoms with Gasteiger partial charge in [-0.1, -0.05) is 29.8 Å². The van der Waals surface area contributed by atoms with Gasteiger partial charge in [0.05, 0.1) is 0 Å². The van der Waals surface area contributed by atoms with Gasteiger partial charge >= 0.3 is 17.2 Å². The van der Waals surface area contributed by atoms with Gasteiger partial charge in [0.25, 0.3) is 0 Å². The van der Waals surface area contributed by atoms with Gasteiger partial charge in [-0.25, -0.2) is 9.78 Å². The van der Waals surface area contributed by atoms with Crippen LogP contribution in [0, 0.1) is 0 Å². The second-order valence-corrected chi connectivity index (χ2v) is 5.23. The van der Waals surface area contributed by atoms with Gasteiger partial charge in [0, 0.05) is 16.1 Å². The van der Waals surface area contributed by atoms with E-state index in [1.165, 1.54) is 16.2 Å². The molecule has 0 aliphatic rings. The molecule has 6 heteroatoms. The zero-order chi connectivity index (χ0) is 15.1. The van der Waals surface area contributed by atoms with Crippen molar-refractivity contribution in [1.82, 2.24) is 4.57 Å². The number of H-pyrrole nitrogens is 1. The Labute approximate surface area is 125 Å². The maximum absolute atomic E-state index is 12.5. The third kappa shape index (κ3) is 1.97. The molecule has 0 unspecified atom stereocenters. The first kappa shape index (κ1) is 13.6.